The first kappa shape index (κ1) is 15.6. The molecule has 0 aliphatic carbocycles. The molecule has 0 fully saturated rings. The molecule has 1 N–H and O–H groups in total. The number of benzene rings is 1. The molecule has 1 rings (SSSR count). The molecule has 0 aliphatic heterocycles. The highest BCUT2D eigenvalue weighted by molar-refractivity contribution is 9.10. The van der Waals surface area contributed by atoms with Crippen molar-refractivity contribution in [2.24, 2.45) is 0 Å². The van der Waals surface area contributed by atoms with Crippen LogP contribution in [0.2, 0.25) is 0 Å². The van der Waals surface area contributed by atoms with Crippen LogP contribution in [0.15, 0.2) is 22.7 Å². The molecule has 0 heterocycles. The minimum Gasteiger partial charge on any atom is -0.382 e. The molecule has 1 aromatic carbocycles. The zero-order chi connectivity index (χ0) is 13.5. The molecule has 102 valence electrons. The van der Waals surface area contributed by atoms with Gasteiger partial charge in [-0.05, 0) is 48.3 Å². The Kier molecular flexibility index (Phi) is 6.82. The zero-order valence-corrected chi connectivity index (χ0v) is 12.8. The van der Waals surface area contributed by atoms with Crippen LogP contribution in [0.25, 0.3) is 0 Å². The highest BCUT2D eigenvalue weighted by Gasteiger charge is 2.19. The van der Waals surface area contributed by atoms with Gasteiger partial charge in [0.2, 0.25) is 0 Å². The second-order valence-corrected chi connectivity index (χ2v) is 5.29. The Morgan fingerprint density at radius 1 is 1.44 bits per heavy atom. The fourth-order valence-corrected chi connectivity index (χ4v) is 2.24. The summed E-state index contributed by atoms with van der Waals surface area (Å²) >= 11 is 3.23. The van der Waals surface area contributed by atoms with E-state index in [1.165, 1.54) is 0 Å². The van der Waals surface area contributed by atoms with Gasteiger partial charge >= 0.3 is 0 Å². The Hall–Kier alpha value is -0.450. The summed E-state index contributed by atoms with van der Waals surface area (Å²) in [4.78, 5) is 0. The molecule has 0 radical (unpaired) electrons. The van der Waals surface area contributed by atoms with Crippen LogP contribution >= 0.6 is 15.9 Å². The number of nitrogens with one attached hydrogen (secondary N) is 1. The highest BCUT2D eigenvalue weighted by Crippen LogP contribution is 2.27. The van der Waals surface area contributed by atoms with Crippen molar-refractivity contribution >= 4 is 15.9 Å². The quantitative estimate of drug-likeness (QED) is 0.819. The molecule has 2 unspecified atom stereocenters. The minimum atomic E-state index is -0.186. The smallest absolute Gasteiger partial charge is 0.142 e. The van der Waals surface area contributed by atoms with Gasteiger partial charge < -0.3 is 10.1 Å². The Labute approximate surface area is 117 Å². The van der Waals surface area contributed by atoms with Crippen molar-refractivity contribution in [3.63, 3.8) is 0 Å². The lowest BCUT2D eigenvalue weighted by molar-refractivity contribution is 0.0999. The van der Waals surface area contributed by atoms with Crippen LogP contribution < -0.4 is 5.32 Å². The van der Waals surface area contributed by atoms with Crippen molar-refractivity contribution in [3.05, 3.63) is 34.1 Å². The van der Waals surface area contributed by atoms with Crippen molar-refractivity contribution in [2.75, 3.05) is 13.7 Å². The molecule has 0 bridgehead atoms. The molecular weight excluding hydrogens is 297 g/mol. The summed E-state index contributed by atoms with van der Waals surface area (Å²) < 4.78 is 19.9. The number of rotatable bonds is 7. The third-order valence-corrected chi connectivity index (χ3v) is 3.58. The summed E-state index contributed by atoms with van der Waals surface area (Å²) in [5.74, 6) is -0.186. The zero-order valence-electron chi connectivity index (χ0n) is 11.2. The molecule has 0 amide bonds. The molecule has 1 aromatic rings. The molecule has 4 heteroatoms. The number of ether oxygens (including phenoxy) is 1. The largest absolute Gasteiger partial charge is 0.382 e. The minimum absolute atomic E-state index is 0.0163. The lowest BCUT2D eigenvalue weighted by atomic mass is 10.0. The van der Waals surface area contributed by atoms with E-state index in [9.17, 15) is 4.39 Å². The molecule has 0 saturated heterocycles. The first-order chi connectivity index (χ1) is 8.60. The third kappa shape index (κ3) is 4.34. The first-order valence-electron chi connectivity index (χ1n) is 6.30. The number of halogens is 2. The Morgan fingerprint density at radius 2 is 2.17 bits per heavy atom. The van der Waals surface area contributed by atoms with Gasteiger partial charge in [0, 0.05) is 18.7 Å². The van der Waals surface area contributed by atoms with E-state index in [4.69, 9.17) is 4.74 Å². The van der Waals surface area contributed by atoms with Crippen LogP contribution in [0.4, 0.5) is 4.39 Å². The van der Waals surface area contributed by atoms with Crippen LogP contribution in [-0.4, -0.2) is 19.8 Å². The Morgan fingerprint density at radius 3 is 2.78 bits per heavy atom. The van der Waals surface area contributed by atoms with Crippen LogP contribution in [0, 0.1) is 5.82 Å². The van der Waals surface area contributed by atoms with Gasteiger partial charge in [0.25, 0.3) is 0 Å². The predicted molar refractivity (Wildman–Crippen MR) is 76.2 cm³/mol. The van der Waals surface area contributed by atoms with E-state index in [-0.39, 0.29) is 18.0 Å². The monoisotopic (exact) mass is 317 g/mol. The highest BCUT2D eigenvalue weighted by atomic mass is 79.9. The van der Waals surface area contributed by atoms with E-state index in [1.807, 2.05) is 19.1 Å². The maximum atomic E-state index is 14.1. The molecule has 2 atom stereocenters. The molecular formula is C14H21BrFNO. The summed E-state index contributed by atoms with van der Waals surface area (Å²) in [5.41, 5.74) is 0.696. The standard InChI is InChI=1S/C14H21BrFNO/c1-4-8-17-13(9-10(2)18-3)11-6-5-7-12(15)14(11)16/h5-7,10,13,17H,4,8-9H2,1-3H3. The van der Waals surface area contributed by atoms with Crippen LogP contribution in [0.1, 0.15) is 38.3 Å². The topological polar surface area (TPSA) is 21.3 Å². The van der Waals surface area contributed by atoms with Crippen molar-refractivity contribution < 1.29 is 9.13 Å². The van der Waals surface area contributed by atoms with Crippen LogP contribution in [-0.2, 0) is 4.74 Å². The van der Waals surface area contributed by atoms with Gasteiger partial charge in [0.15, 0.2) is 0 Å². The lowest BCUT2D eigenvalue weighted by Crippen LogP contribution is -2.27. The van der Waals surface area contributed by atoms with E-state index in [0.717, 1.165) is 19.4 Å². The van der Waals surface area contributed by atoms with Crippen LogP contribution in [0.3, 0.4) is 0 Å². The number of hydrogen-bond donors (Lipinski definition) is 1. The lowest BCUT2D eigenvalue weighted by Gasteiger charge is -2.22. The second kappa shape index (κ2) is 7.87. The summed E-state index contributed by atoms with van der Waals surface area (Å²) in [6.07, 6.45) is 1.87. The van der Waals surface area contributed by atoms with E-state index in [0.29, 0.717) is 10.0 Å². The van der Waals surface area contributed by atoms with Crippen molar-refractivity contribution in [1.82, 2.24) is 5.32 Å². The SMILES string of the molecule is CCCNC(CC(C)OC)c1cccc(Br)c1F. The molecule has 0 aromatic heterocycles. The second-order valence-electron chi connectivity index (χ2n) is 4.43. The normalized spacial score (nSPS) is 14.5. The molecule has 0 aliphatic rings. The van der Waals surface area contributed by atoms with Gasteiger partial charge in [0.05, 0.1) is 10.6 Å². The Balaban J connectivity index is 2.90. The summed E-state index contributed by atoms with van der Waals surface area (Å²) in [6.45, 7) is 4.96. The van der Waals surface area contributed by atoms with Gasteiger partial charge in [-0.2, -0.15) is 0 Å². The molecule has 0 saturated carbocycles. The first-order valence-corrected chi connectivity index (χ1v) is 7.09. The van der Waals surface area contributed by atoms with Gasteiger partial charge in [-0.1, -0.05) is 19.1 Å². The van der Waals surface area contributed by atoms with Crippen molar-refractivity contribution in [3.8, 4) is 0 Å². The summed E-state index contributed by atoms with van der Waals surface area (Å²) in [6, 6.07) is 5.39. The van der Waals surface area contributed by atoms with E-state index in [2.05, 4.69) is 28.2 Å². The van der Waals surface area contributed by atoms with Gasteiger partial charge in [-0.15, -0.1) is 0 Å². The number of methoxy groups -OCH3 is 1. The average Bonchev–Trinajstić information content (AvgIpc) is 2.37. The maximum Gasteiger partial charge on any atom is 0.142 e. The van der Waals surface area contributed by atoms with Crippen molar-refractivity contribution in [1.29, 1.82) is 0 Å². The van der Waals surface area contributed by atoms with E-state index >= 15 is 0 Å². The van der Waals surface area contributed by atoms with E-state index in [1.54, 1.807) is 13.2 Å². The Bertz CT molecular complexity index is 373. The average molecular weight is 318 g/mol. The third-order valence-electron chi connectivity index (χ3n) is 2.97. The van der Waals surface area contributed by atoms with Gasteiger partial charge in [0.1, 0.15) is 5.82 Å². The van der Waals surface area contributed by atoms with Gasteiger partial charge in [-0.25, -0.2) is 4.39 Å². The van der Waals surface area contributed by atoms with E-state index < -0.39 is 0 Å². The molecule has 0 spiro atoms. The fourth-order valence-electron chi connectivity index (χ4n) is 1.86. The van der Waals surface area contributed by atoms with Crippen LogP contribution in [0.5, 0.6) is 0 Å². The fraction of sp³-hybridized carbons (Fsp3) is 0.571. The molecule has 18 heavy (non-hydrogen) atoms. The summed E-state index contributed by atoms with van der Waals surface area (Å²) in [5, 5.41) is 3.38. The summed E-state index contributed by atoms with van der Waals surface area (Å²) in [7, 11) is 1.68. The molecule has 2 nitrogen and oxygen atoms in total. The predicted octanol–water partition coefficient (Wildman–Crippen LogP) is 4.05. The van der Waals surface area contributed by atoms with Gasteiger partial charge in [-0.3, -0.25) is 0 Å². The maximum absolute atomic E-state index is 14.1. The number of hydrogen-bond acceptors (Lipinski definition) is 2. The van der Waals surface area contributed by atoms with Crippen molar-refractivity contribution in [2.45, 2.75) is 38.8 Å².